The van der Waals surface area contributed by atoms with Crippen molar-refractivity contribution in [2.75, 3.05) is 18.0 Å². The molecule has 2 aliphatic rings. The zero-order valence-electron chi connectivity index (χ0n) is 16.5. The van der Waals surface area contributed by atoms with Gasteiger partial charge in [0.05, 0.1) is 11.4 Å². The summed E-state index contributed by atoms with van der Waals surface area (Å²) in [7, 11) is 0. The van der Waals surface area contributed by atoms with Gasteiger partial charge in [-0.25, -0.2) is 4.79 Å². The van der Waals surface area contributed by atoms with Gasteiger partial charge >= 0.3 is 12.4 Å². The number of anilines is 2. The molecule has 0 atom stereocenters. The zero-order valence-corrected chi connectivity index (χ0v) is 16.5. The summed E-state index contributed by atoms with van der Waals surface area (Å²) in [4.78, 5) is 15.8. The Morgan fingerprint density at radius 3 is 2.40 bits per heavy atom. The Hall–Kier alpha value is -2.74. The van der Waals surface area contributed by atoms with Gasteiger partial charge in [0.1, 0.15) is 0 Å². The van der Waals surface area contributed by atoms with Gasteiger partial charge in [-0.05, 0) is 61.1 Å². The molecule has 0 bridgehead atoms. The molecule has 0 aromatic heterocycles. The maximum atomic E-state index is 12.8. The molecule has 0 spiro atoms. The number of ether oxygens (including phenoxy) is 1. The van der Waals surface area contributed by atoms with Crippen molar-refractivity contribution in [3.63, 3.8) is 0 Å². The summed E-state index contributed by atoms with van der Waals surface area (Å²) in [5.41, 5.74) is 8.24. The molecule has 0 radical (unpaired) electrons. The predicted octanol–water partition coefficient (Wildman–Crippen LogP) is 4.76. The monoisotopic (exact) mass is 419 g/mol. The minimum Gasteiger partial charge on any atom is -0.404 e. The number of amides is 2. The molecule has 0 saturated heterocycles. The fraction of sp³-hybridized carbons (Fsp3) is 0.409. The number of alkyl halides is 3. The third kappa shape index (κ3) is 4.38. The SMILES string of the molecule is NC(=O)N(c1ccc2c(c1)CCN(C1CCC1)CC2)c1ccccc1OC(F)(F)F. The van der Waals surface area contributed by atoms with Crippen LogP contribution in [0.2, 0.25) is 0 Å². The van der Waals surface area contributed by atoms with Crippen molar-refractivity contribution in [2.45, 2.75) is 44.5 Å². The minimum absolute atomic E-state index is 0.0491. The summed E-state index contributed by atoms with van der Waals surface area (Å²) in [6, 6.07) is 10.8. The molecule has 1 aliphatic heterocycles. The quantitative estimate of drug-likeness (QED) is 0.778. The van der Waals surface area contributed by atoms with Crippen molar-refractivity contribution in [3.05, 3.63) is 53.6 Å². The molecule has 1 heterocycles. The van der Waals surface area contributed by atoms with E-state index < -0.39 is 18.1 Å². The number of fused-ring (bicyclic) bond motifs is 1. The Morgan fingerprint density at radius 2 is 1.77 bits per heavy atom. The average Bonchev–Trinajstić information content (AvgIpc) is 2.83. The van der Waals surface area contributed by atoms with E-state index in [1.807, 2.05) is 12.1 Å². The lowest BCUT2D eigenvalue weighted by molar-refractivity contribution is -0.274. The Kier molecular flexibility index (Phi) is 5.60. The molecule has 4 rings (SSSR count). The molecule has 2 aromatic rings. The number of hydrogen-bond donors (Lipinski definition) is 1. The predicted molar refractivity (Wildman–Crippen MR) is 108 cm³/mol. The van der Waals surface area contributed by atoms with E-state index >= 15 is 0 Å². The molecule has 30 heavy (non-hydrogen) atoms. The molecule has 1 aliphatic carbocycles. The van der Waals surface area contributed by atoms with E-state index in [1.165, 1.54) is 49.1 Å². The van der Waals surface area contributed by atoms with Crippen LogP contribution < -0.4 is 15.4 Å². The van der Waals surface area contributed by atoms with E-state index in [0.717, 1.165) is 36.4 Å². The first-order valence-corrected chi connectivity index (χ1v) is 10.1. The van der Waals surface area contributed by atoms with E-state index in [0.29, 0.717) is 11.7 Å². The van der Waals surface area contributed by atoms with Crippen molar-refractivity contribution in [3.8, 4) is 5.75 Å². The first-order valence-electron chi connectivity index (χ1n) is 10.1. The number of nitrogens with zero attached hydrogens (tertiary/aromatic N) is 2. The molecule has 8 heteroatoms. The molecule has 1 fully saturated rings. The van der Waals surface area contributed by atoms with Gasteiger partial charge in [-0.2, -0.15) is 0 Å². The van der Waals surface area contributed by atoms with Crippen LogP contribution in [0.1, 0.15) is 30.4 Å². The summed E-state index contributed by atoms with van der Waals surface area (Å²) in [6.07, 6.45) is 0.632. The highest BCUT2D eigenvalue weighted by molar-refractivity contribution is 6.00. The lowest BCUT2D eigenvalue weighted by Gasteiger charge is -2.36. The molecule has 0 unspecified atom stereocenters. The third-order valence-electron chi connectivity index (χ3n) is 5.93. The van der Waals surface area contributed by atoms with Gasteiger partial charge in [0.15, 0.2) is 5.75 Å². The van der Waals surface area contributed by atoms with E-state index in [-0.39, 0.29) is 5.69 Å². The van der Waals surface area contributed by atoms with Crippen molar-refractivity contribution < 1.29 is 22.7 Å². The van der Waals surface area contributed by atoms with Crippen LogP contribution in [0.5, 0.6) is 5.75 Å². The molecule has 2 amide bonds. The van der Waals surface area contributed by atoms with Gasteiger partial charge in [0.25, 0.3) is 0 Å². The molecular formula is C22H24F3N3O2. The van der Waals surface area contributed by atoms with Crippen molar-refractivity contribution in [1.29, 1.82) is 0 Å². The van der Waals surface area contributed by atoms with Crippen LogP contribution in [0.3, 0.4) is 0 Å². The van der Waals surface area contributed by atoms with E-state index in [9.17, 15) is 18.0 Å². The molecule has 2 N–H and O–H groups in total. The second kappa shape index (κ2) is 8.18. The van der Waals surface area contributed by atoms with E-state index in [2.05, 4.69) is 9.64 Å². The van der Waals surface area contributed by atoms with Crippen molar-refractivity contribution >= 4 is 17.4 Å². The highest BCUT2D eigenvalue weighted by atomic mass is 19.4. The lowest BCUT2D eigenvalue weighted by atomic mass is 9.91. The van der Waals surface area contributed by atoms with Crippen LogP contribution in [0, 0.1) is 0 Å². The first-order chi connectivity index (χ1) is 14.3. The zero-order chi connectivity index (χ0) is 21.3. The van der Waals surface area contributed by atoms with Crippen LogP contribution in [-0.4, -0.2) is 36.4 Å². The maximum Gasteiger partial charge on any atom is 0.573 e. The van der Waals surface area contributed by atoms with Gasteiger partial charge < -0.3 is 10.5 Å². The summed E-state index contributed by atoms with van der Waals surface area (Å²) in [5.74, 6) is -0.477. The Balaban J connectivity index is 1.64. The van der Waals surface area contributed by atoms with Crippen LogP contribution in [0.25, 0.3) is 0 Å². The maximum absolute atomic E-state index is 12.8. The van der Waals surface area contributed by atoms with Crippen LogP contribution >= 0.6 is 0 Å². The average molecular weight is 419 g/mol. The van der Waals surface area contributed by atoms with Crippen LogP contribution in [0.15, 0.2) is 42.5 Å². The summed E-state index contributed by atoms with van der Waals surface area (Å²) < 4.78 is 42.6. The largest absolute Gasteiger partial charge is 0.573 e. The number of halogens is 3. The first kappa shape index (κ1) is 20.5. The third-order valence-corrected chi connectivity index (χ3v) is 5.93. The molecular weight excluding hydrogens is 395 g/mol. The van der Waals surface area contributed by atoms with Gasteiger partial charge in [0.2, 0.25) is 0 Å². The van der Waals surface area contributed by atoms with Crippen molar-refractivity contribution in [1.82, 2.24) is 4.90 Å². The number of rotatable bonds is 4. The van der Waals surface area contributed by atoms with Crippen molar-refractivity contribution in [2.24, 2.45) is 5.73 Å². The topological polar surface area (TPSA) is 58.8 Å². The number of urea groups is 1. The Labute approximate surface area is 173 Å². The lowest BCUT2D eigenvalue weighted by Crippen LogP contribution is -2.41. The molecule has 2 aromatic carbocycles. The number of carbonyl (C=O) groups excluding carboxylic acids is 1. The number of benzene rings is 2. The highest BCUT2D eigenvalue weighted by Gasteiger charge is 2.33. The highest BCUT2D eigenvalue weighted by Crippen LogP contribution is 2.37. The molecule has 160 valence electrons. The van der Waals surface area contributed by atoms with E-state index in [1.54, 1.807) is 6.07 Å². The van der Waals surface area contributed by atoms with Gasteiger partial charge in [-0.15, -0.1) is 13.2 Å². The minimum atomic E-state index is -4.88. The van der Waals surface area contributed by atoms with E-state index in [4.69, 9.17) is 5.73 Å². The molecule has 1 saturated carbocycles. The number of para-hydroxylation sites is 2. The van der Waals surface area contributed by atoms with Crippen LogP contribution in [-0.2, 0) is 12.8 Å². The Morgan fingerprint density at radius 1 is 1.07 bits per heavy atom. The smallest absolute Gasteiger partial charge is 0.404 e. The second-order valence-electron chi connectivity index (χ2n) is 7.76. The van der Waals surface area contributed by atoms with Gasteiger partial charge in [-0.3, -0.25) is 9.80 Å². The van der Waals surface area contributed by atoms with Gasteiger partial charge in [0, 0.05) is 19.1 Å². The number of hydrogen-bond acceptors (Lipinski definition) is 3. The second-order valence-corrected chi connectivity index (χ2v) is 7.76. The number of carbonyl (C=O) groups is 1. The number of primary amides is 1. The summed E-state index contributed by atoms with van der Waals surface area (Å²) >= 11 is 0. The standard InChI is InChI=1S/C22H24F3N3O2/c23-22(24,25)30-20-7-2-1-6-19(20)28(21(26)29)18-9-8-15-10-12-27(17-4-3-5-17)13-11-16(15)14-18/h1-2,6-9,14,17H,3-5,10-13H2,(H2,26,29). The van der Waals surface area contributed by atoms with Gasteiger partial charge in [-0.1, -0.05) is 24.6 Å². The molecule has 5 nitrogen and oxygen atoms in total. The fourth-order valence-electron chi connectivity index (χ4n) is 4.22. The van der Waals surface area contributed by atoms with Crippen LogP contribution in [0.4, 0.5) is 29.3 Å². The number of nitrogens with two attached hydrogens (primary N) is 1. The normalized spacial score (nSPS) is 17.6. The summed E-state index contributed by atoms with van der Waals surface area (Å²) in [5, 5.41) is 0. The Bertz CT molecular complexity index is 928. The fourth-order valence-corrected chi connectivity index (χ4v) is 4.22. The summed E-state index contributed by atoms with van der Waals surface area (Å²) in [6.45, 7) is 1.93.